The summed E-state index contributed by atoms with van der Waals surface area (Å²) in [6.07, 6.45) is 2.49. The number of hydrogen-bond donors (Lipinski definition) is 2. The minimum atomic E-state index is -0.468. The van der Waals surface area contributed by atoms with Gasteiger partial charge in [0.1, 0.15) is 5.56 Å². The van der Waals surface area contributed by atoms with Gasteiger partial charge in [0.05, 0.1) is 0 Å². The number of carbonyl (C=O) groups is 2. The maximum atomic E-state index is 12.9. The van der Waals surface area contributed by atoms with Crippen molar-refractivity contribution < 1.29 is 9.59 Å². The highest BCUT2D eigenvalue weighted by atomic mass is 16.2. The Hall–Kier alpha value is -2.93. The van der Waals surface area contributed by atoms with Crippen LogP contribution in [0.15, 0.2) is 35.3 Å². The smallest absolute Gasteiger partial charge is 0.263 e. The van der Waals surface area contributed by atoms with E-state index >= 15 is 0 Å². The number of nitrogens with zero attached hydrogens (tertiary/aromatic N) is 2. The summed E-state index contributed by atoms with van der Waals surface area (Å²) in [4.78, 5) is 39.8. The molecule has 28 heavy (non-hydrogen) atoms. The molecule has 0 spiro atoms. The second-order valence-corrected chi connectivity index (χ2v) is 7.53. The molecule has 0 bridgehead atoms. The molecule has 2 amide bonds. The number of fused-ring (bicyclic) bond motifs is 1. The fourth-order valence-corrected chi connectivity index (χ4v) is 3.56. The fourth-order valence-electron chi connectivity index (χ4n) is 3.56. The maximum Gasteiger partial charge on any atom is 0.263 e. The lowest BCUT2D eigenvalue weighted by molar-refractivity contribution is 0.0944. The summed E-state index contributed by atoms with van der Waals surface area (Å²) in [5, 5.41) is 5.57. The molecule has 1 aliphatic heterocycles. The predicted molar refractivity (Wildman–Crippen MR) is 109 cm³/mol. The SMILES string of the molecule is Cc1ccn(C(C)CN(C)C)c(=O)c1C(=O)Nc1ccc2c(c1)C(=O)NCC2. The normalized spacial score (nSPS) is 14.4. The molecule has 0 radical (unpaired) electrons. The van der Waals surface area contributed by atoms with Gasteiger partial charge in [-0.1, -0.05) is 6.07 Å². The molecule has 7 heteroatoms. The Balaban J connectivity index is 1.90. The van der Waals surface area contributed by atoms with Crippen LogP contribution in [0.5, 0.6) is 0 Å². The van der Waals surface area contributed by atoms with Gasteiger partial charge in [0.15, 0.2) is 0 Å². The van der Waals surface area contributed by atoms with Gasteiger partial charge in [-0.3, -0.25) is 14.4 Å². The number of pyridine rings is 1. The van der Waals surface area contributed by atoms with Crippen molar-refractivity contribution in [3.05, 3.63) is 63.1 Å². The molecular formula is C21H26N4O3. The highest BCUT2D eigenvalue weighted by Crippen LogP contribution is 2.20. The van der Waals surface area contributed by atoms with Gasteiger partial charge in [0.2, 0.25) is 0 Å². The van der Waals surface area contributed by atoms with Gasteiger partial charge in [-0.05, 0) is 63.7 Å². The number of anilines is 1. The summed E-state index contributed by atoms with van der Waals surface area (Å²) in [6.45, 7) is 4.99. The van der Waals surface area contributed by atoms with Crippen LogP contribution in [0.2, 0.25) is 0 Å². The van der Waals surface area contributed by atoms with E-state index in [0.29, 0.717) is 29.9 Å². The molecule has 3 rings (SSSR count). The van der Waals surface area contributed by atoms with Crippen LogP contribution in [0.4, 0.5) is 5.69 Å². The minimum Gasteiger partial charge on any atom is -0.352 e. The molecule has 7 nitrogen and oxygen atoms in total. The van der Waals surface area contributed by atoms with Gasteiger partial charge < -0.3 is 20.1 Å². The molecule has 0 fully saturated rings. The molecule has 0 saturated heterocycles. The number of carbonyl (C=O) groups excluding carboxylic acids is 2. The predicted octanol–water partition coefficient (Wildman–Crippen LogP) is 1.82. The van der Waals surface area contributed by atoms with E-state index in [-0.39, 0.29) is 23.1 Å². The van der Waals surface area contributed by atoms with Crippen LogP contribution in [0.1, 0.15) is 44.8 Å². The Kier molecular flexibility index (Phi) is 5.65. The summed E-state index contributed by atoms with van der Waals surface area (Å²) in [6, 6.07) is 6.98. The van der Waals surface area contributed by atoms with E-state index < -0.39 is 5.91 Å². The number of aryl methyl sites for hydroxylation is 1. The van der Waals surface area contributed by atoms with E-state index in [4.69, 9.17) is 0 Å². The molecule has 1 unspecified atom stereocenters. The monoisotopic (exact) mass is 382 g/mol. The molecule has 1 aliphatic rings. The number of hydrogen-bond acceptors (Lipinski definition) is 4. The molecule has 148 valence electrons. The van der Waals surface area contributed by atoms with E-state index in [1.54, 1.807) is 35.9 Å². The van der Waals surface area contributed by atoms with E-state index in [0.717, 1.165) is 12.0 Å². The summed E-state index contributed by atoms with van der Waals surface area (Å²) >= 11 is 0. The molecule has 2 aromatic rings. The Morgan fingerprint density at radius 1 is 1.29 bits per heavy atom. The zero-order chi connectivity index (χ0) is 20.4. The van der Waals surface area contributed by atoms with Gasteiger partial charge >= 0.3 is 0 Å². The van der Waals surface area contributed by atoms with Crippen LogP contribution in [0.25, 0.3) is 0 Å². The van der Waals surface area contributed by atoms with Gasteiger partial charge in [-0.2, -0.15) is 0 Å². The van der Waals surface area contributed by atoms with E-state index in [1.807, 2.05) is 32.0 Å². The zero-order valence-electron chi connectivity index (χ0n) is 16.7. The van der Waals surface area contributed by atoms with Gasteiger partial charge in [-0.15, -0.1) is 0 Å². The number of aromatic nitrogens is 1. The van der Waals surface area contributed by atoms with Crippen molar-refractivity contribution in [2.24, 2.45) is 0 Å². The maximum absolute atomic E-state index is 12.9. The highest BCUT2D eigenvalue weighted by molar-refractivity contribution is 6.06. The van der Waals surface area contributed by atoms with Crippen LogP contribution >= 0.6 is 0 Å². The zero-order valence-corrected chi connectivity index (χ0v) is 16.7. The van der Waals surface area contributed by atoms with Crippen LogP contribution in [0.3, 0.4) is 0 Å². The second-order valence-electron chi connectivity index (χ2n) is 7.53. The number of benzene rings is 1. The first-order valence-electron chi connectivity index (χ1n) is 9.37. The first-order valence-corrected chi connectivity index (χ1v) is 9.37. The summed E-state index contributed by atoms with van der Waals surface area (Å²) in [5.41, 5.74) is 2.43. The number of nitrogens with one attached hydrogen (secondary N) is 2. The quantitative estimate of drug-likeness (QED) is 0.826. The van der Waals surface area contributed by atoms with Gasteiger partial charge in [0.25, 0.3) is 17.4 Å². The lowest BCUT2D eigenvalue weighted by atomic mass is 9.99. The molecule has 0 aliphatic carbocycles. The van der Waals surface area contributed by atoms with Crippen molar-refractivity contribution in [2.75, 3.05) is 32.5 Å². The number of amides is 2. The minimum absolute atomic E-state index is 0.0675. The molecule has 2 heterocycles. The first kappa shape index (κ1) is 19.8. The Bertz CT molecular complexity index is 978. The highest BCUT2D eigenvalue weighted by Gasteiger charge is 2.20. The average molecular weight is 382 g/mol. The molecular weight excluding hydrogens is 356 g/mol. The molecule has 0 saturated carbocycles. The lowest BCUT2D eigenvalue weighted by Gasteiger charge is -2.21. The fraction of sp³-hybridized carbons (Fsp3) is 0.381. The Labute approximate surface area is 164 Å². The van der Waals surface area contributed by atoms with Crippen LogP contribution < -0.4 is 16.2 Å². The third-order valence-electron chi connectivity index (χ3n) is 4.95. The standard InChI is InChI=1S/C21H26N4O3/c1-13-8-10-25(14(2)12-24(3)4)21(28)18(13)20(27)23-16-6-5-15-7-9-22-19(26)17(15)11-16/h5-6,8,10-11,14H,7,9,12H2,1-4H3,(H,22,26)(H,23,27). The molecule has 1 aromatic carbocycles. The van der Waals surface area contributed by atoms with Crippen molar-refractivity contribution in [3.63, 3.8) is 0 Å². The summed E-state index contributed by atoms with van der Waals surface area (Å²) in [5.74, 6) is -0.613. The Morgan fingerprint density at radius 3 is 2.75 bits per heavy atom. The van der Waals surface area contributed by atoms with Crippen LogP contribution in [-0.4, -0.2) is 48.5 Å². The number of likely N-dealkylation sites (N-methyl/N-ethyl adjacent to an activating group) is 1. The lowest BCUT2D eigenvalue weighted by Crippen LogP contribution is -2.35. The van der Waals surface area contributed by atoms with E-state index in [2.05, 4.69) is 10.6 Å². The van der Waals surface area contributed by atoms with Crippen molar-refractivity contribution in [1.82, 2.24) is 14.8 Å². The molecule has 1 aromatic heterocycles. The van der Waals surface area contributed by atoms with Crippen LogP contribution in [0, 0.1) is 6.92 Å². The third-order valence-corrected chi connectivity index (χ3v) is 4.95. The Morgan fingerprint density at radius 2 is 2.04 bits per heavy atom. The van der Waals surface area contributed by atoms with Crippen molar-refractivity contribution in [1.29, 1.82) is 0 Å². The van der Waals surface area contributed by atoms with Crippen LogP contribution in [-0.2, 0) is 6.42 Å². The average Bonchev–Trinajstić information content (AvgIpc) is 2.62. The topological polar surface area (TPSA) is 83.4 Å². The third kappa shape index (κ3) is 3.99. The van der Waals surface area contributed by atoms with E-state index in [1.165, 1.54) is 0 Å². The second kappa shape index (κ2) is 7.98. The molecule has 1 atom stereocenters. The van der Waals surface area contributed by atoms with E-state index in [9.17, 15) is 14.4 Å². The first-order chi connectivity index (χ1) is 13.3. The van der Waals surface area contributed by atoms with Crippen molar-refractivity contribution in [2.45, 2.75) is 26.3 Å². The summed E-state index contributed by atoms with van der Waals surface area (Å²) < 4.78 is 1.59. The van der Waals surface area contributed by atoms with Crippen molar-refractivity contribution >= 4 is 17.5 Å². The van der Waals surface area contributed by atoms with Crippen molar-refractivity contribution in [3.8, 4) is 0 Å². The summed E-state index contributed by atoms with van der Waals surface area (Å²) in [7, 11) is 3.88. The van der Waals surface area contributed by atoms with Gasteiger partial charge in [-0.25, -0.2) is 0 Å². The number of rotatable bonds is 5. The molecule has 2 N–H and O–H groups in total. The van der Waals surface area contributed by atoms with Gasteiger partial charge in [0, 0.05) is 36.6 Å². The largest absolute Gasteiger partial charge is 0.352 e.